The van der Waals surface area contributed by atoms with Gasteiger partial charge in [-0.1, -0.05) is 30.3 Å². The number of fused-ring (bicyclic) bond motifs is 1. The van der Waals surface area contributed by atoms with Gasteiger partial charge in [0, 0.05) is 23.5 Å². The molecule has 1 aliphatic rings. The molecule has 1 amide bonds. The van der Waals surface area contributed by atoms with Crippen molar-refractivity contribution in [3.63, 3.8) is 0 Å². The Balaban J connectivity index is 1.44. The highest BCUT2D eigenvalue weighted by atomic mass is 32.1. The standard InChI is InChI=1S/C26H24FN3OS/c1-18-15-21(7-8-22(18)27)23-16-24(19-5-3-2-4-6-19)30(28-23)17-26(31)29-12-9-20-11-14-32-25(20)10-13-29/h2-8,11,14-16H,9-10,12-13,17H2,1H3. The lowest BCUT2D eigenvalue weighted by atomic mass is 10.1. The van der Waals surface area contributed by atoms with Gasteiger partial charge in [-0.2, -0.15) is 5.10 Å². The zero-order valence-corrected chi connectivity index (χ0v) is 18.7. The van der Waals surface area contributed by atoms with Gasteiger partial charge in [0.05, 0.1) is 11.4 Å². The number of nitrogens with zero attached hydrogens (tertiary/aromatic N) is 3. The number of halogens is 1. The van der Waals surface area contributed by atoms with Crippen LogP contribution in [0.15, 0.2) is 66.0 Å². The summed E-state index contributed by atoms with van der Waals surface area (Å²) in [4.78, 5) is 16.6. The van der Waals surface area contributed by atoms with Crippen LogP contribution in [0.25, 0.3) is 22.5 Å². The topological polar surface area (TPSA) is 38.1 Å². The molecule has 6 heteroatoms. The lowest BCUT2D eigenvalue weighted by molar-refractivity contribution is -0.131. The van der Waals surface area contributed by atoms with Crippen LogP contribution in [0.2, 0.25) is 0 Å². The molecule has 1 aliphatic heterocycles. The van der Waals surface area contributed by atoms with Gasteiger partial charge in [-0.25, -0.2) is 4.39 Å². The number of carbonyl (C=O) groups excluding carboxylic acids is 1. The first kappa shape index (κ1) is 20.6. The summed E-state index contributed by atoms with van der Waals surface area (Å²) in [6, 6.07) is 19.1. The second-order valence-corrected chi connectivity index (χ2v) is 9.15. The summed E-state index contributed by atoms with van der Waals surface area (Å²) < 4.78 is 15.6. The Hall–Kier alpha value is -3.25. The quantitative estimate of drug-likeness (QED) is 0.425. The van der Waals surface area contributed by atoms with E-state index in [1.807, 2.05) is 41.3 Å². The zero-order valence-electron chi connectivity index (χ0n) is 17.9. The van der Waals surface area contributed by atoms with Crippen LogP contribution in [0.5, 0.6) is 0 Å². The fourth-order valence-electron chi connectivity index (χ4n) is 4.21. The Morgan fingerprint density at radius 1 is 1.03 bits per heavy atom. The maximum Gasteiger partial charge on any atom is 0.244 e. The molecule has 162 valence electrons. The van der Waals surface area contributed by atoms with Crippen molar-refractivity contribution < 1.29 is 9.18 Å². The molecule has 0 spiro atoms. The van der Waals surface area contributed by atoms with E-state index in [0.29, 0.717) is 5.56 Å². The largest absolute Gasteiger partial charge is 0.340 e. The first-order valence-corrected chi connectivity index (χ1v) is 11.7. The molecule has 32 heavy (non-hydrogen) atoms. The van der Waals surface area contributed by atoms with Crippen LogP contribution in [0, 0.1) is 12.7 Å². The Morgan fingerprint density at radius 2 is 1.84 bits per heavy atom. The van der Waals surface area contributed by atoms with Crippen molar-refractivity contribution in [2.45, 2.75) is 26.3 Å². The number of hydrogen-bond acceptors (Lipinski definition) is 3. The van der Waals surface area contributed by atoms with Crippen LogP contribution >= 0.6 is 11.3 Å². The van der Waals surface area contributed by atoms with Gasteiger partial charge < -0.3 is 4.90 Å². The summed E-state index contributed by atoms with van der Waals surface area (Å²) >= 11 is 1.78. The van der Waals surface area contributed by atoms with Gasteiger partial charge in [0.15, 0.2) is 0 Å². The van der Waals surface area contributed by atoms with Gasteiger partial charge in [0.2, 0.25) is 5.91 Å². The van der Waals surface area contributed by atoms with Gasteiger partial charge in [0.25, 0.3) is 0 Å². The highest BCUT2D eigenvalue weighted by Crippen LogP contribution is 2.28. The second-order valence-electron chi connectivity index (χ2n) is 8.15. The van der Waals surface area contributed by atoms with E-state index in [1.54, 1.807) is 35.1 Å². The fraction of sp³-hybridized carbons (Fsp3) is 0.231. The molecule has 3 heterocycles. The number of hydrogen-bond donors (Lipinski definition) is 0. The maximum absolute atomic E-state index is 13.8. The average molecular weight is 446 g/mol. The number of benzene rings is 2. The van der Waals surface area contributed by atoms with E-state index in [1.165, 1.54) is 16.5 Å². The van der Waals surface area contributed by atoms with E-state index in [4.69, 9.17) is 5.10 Å². The molecule has 0 radical (unpaired) electrons. The Labute approximate surface area is 190 Å². The van der Waals surface area contributed by atoms with Gasteiger partial charge in [-0.05, 0) is 72.2 Å². The molecule has 0 N–H and O–H groups in total. The molecule has 2 aromatic heterocycles. The Bertz CT molecular complexity index is 1240. The van der Waals surface area contributed by atoms with Crippen molar-refractivity contribution in [2.75, 3.05) is 13.1 Å². The number of aromatic nitrogens is 2. The summed E-state index contributed by atoms with van der Waals surface area (Å²) in [5, 5.41) is 6.90. The van der Waals surface area contributed by atoms with Crippen LogP contribution in [0.1, 0.15) is 16.0 Å². The summed E-state index contributed by atoms with van der Waals surface area (Å²) in [6.45, 7) is 3.39. The van der Waals surface area contributed by atoms with Crippen molar-refractivity contribution in [2.24, 2.45) is 0 Å². The van der Waals surface area contributed by atoms with Crippen LogP contribution in [0.3, 0.4) is 0 Å². The third-order valence-corrected chi connectivity index (χ3v) is 7.06. The predicted molar refractivity (Wildman–Crippen MR) is 126 cm³/mol. The van der Waals surface area contributed by atoms with Crippen LogP contribution in [-0.2, 0) is 24.2 Å². The van der Waals surface area contributed by atoms with Crippen molar-refractivity contribution in [1.29, 1.82) is 0 Å². The molecular formula is C26H24FN3OS. The van der Waals surface area contributed by atoms with E-state index < -0.39 is 0 Å². The van der Waals surface area contributed by atoms with Crippen molar-refractivity contribution in [3.05, 3.63) is 87.9 Å². The lowest BCUT2D eigenvalue weighted by Crippen LogP contribution is -2.36. The average Bonchev–Trinajstić information content (AvgIpc) is 3.38. The van der Waals surface area contributed by atoms with Gasteiger partial charge in [-0.3, -0.25) is 9.48 Å². The molecular weight excluding hydrogens is 421 g/mol. The molecule has 0 saturated heterocycles. The Morgan fingerprint density at radius 3 is 2.66 bits per heavy atom. The molecule has 0 fully saturated rings. The number of rotatable bonds is 4. The first-order chi connectivity index (χ1) is 15.6. The number of carbonyl (C=O) groups is 1. The van der Waals surface area contributed by atoms with Crippen molar-refractivity contribution in [3.8, 4) is 22.5 Å². The molecule has 0 bridgehead atoms. The fourth-order valence-corrected chi connectivity index (χ4v) is 5.14. The van der Waals surface area contributed by atoms with Crippen LogP contribution in [0.4, 0.5) is 4.39 Å². The third kappa shape index (κ3) is 4.10. The smallest absolute Gasteiger partial charge is 0.244 e. The van der Waals surface area contributed by atoms with Crippen molar-refractivity contribution >= 4 is 17.2 Å². The summed E-state index contributed by atoms with van der Waals surface area (Å²) in [6.07, 6.45) is 1.80. The minimum Gasteiger partial charge on any atom is -0.340 e. The van der Waals surface area contributed by atoms with E-state index in [9.17, 15) is 9.18 Å². The van der Waals surface area contributed by atoms with E-state index >= 15 is 0 Å². The molecule has 5 rings (SSSR count). The Kier molecular flexibility index (Phi) is 5.62. The minimum atomic E-state index is -0.235. The number of amides is 1. The summed E-state index contributed by atoms with van der Waals surface area (Å²) in [7, 11) is 0. The molecule has 0 saturated carbocycles. The highest BCUT2D eigenvalue weighted by molar-refractivity contribution is 7.10. The second kappa shape index (κ2) is 8.71. The van der Waals surface area contributed by atoms with Crippen molar-refractivity contribution in [1.82, 2.24) is 14.7 Å². The SMILES string of the molecule is Cc1cc(-c2cc(-c3ccccc3)n(CC(=O)N3CCc4ccsc4CC3)n2)ccc1F. The number of thiophene rings is 1. The summed E-state index contributed by atoms with van der Waals surface area (Å²) in [5.41, 5.74) is 5.39. The van der Waals surface area contributed by atoms with Gasteiger partial charge in [0.1, 0.15) is 12.4 Å². The predicted octanol–water partition coefficient (Wildman–Crippen LogP) is 5.35. The molecule has 0 unspecified atom stereocenters. The zero-order chi connectivity index (χ0) is 22.1. The summed E-state index contributed by atoms with van der Waals surface area (Å²) in [5.74, 6) is -0.163. The normalized spacial score (nSPS) is 13.6. The van der Waals surface area contributed by atoms with Gasteiger partial charge >= 0.3 is 0 Å². The maximum atomic E-state index is 13.8. The van der Waals surface area contributed by atoms with Crippen LogP contribution < -0.4 is 0 Å². The monoisotopic (exact) mass is 445 g/mol. The lowest BCUT2D eigenvalue weighted by Gasteiger charge is -2.21. The number of aryl methyl sites for hydroxylation is 1. The van der Waals surface area contributed by atoms with E-state index in [-0.39, 0.29) is 18.3 Å². The van der Waals surface area contributed by atoms with Crippen LogP contribution in [-0.4, -0.2) is 33.7 Å². The van der Waals surface area contributed by atoms with Gasteiger partial charge in [-0.15, -0.1) is 11.3 Å². The molecule has 0 atom stereocenters. The molecule has 2 aromatic carbocycles. The molecule has 4 aromatic rings. The molecule has 0 aliphatic carbocycles. The highest BCUT2D eigenvalue weighted by Gasteiger charge is 2.21. The molecule has 4 nitrogen and oxygen atoms in total. The minimum absolute atomic E-state index is 0.0715. The van der Waals surface area contributed by atoms with E-state index in [2.05, 4.69) is 11.4 Å². The first-order valence-electron chi connectivity index (χ1n) is 10.8. The third-order valence-electron chi connectivity index (χ3n) is 6.04. The van der Waals surface area contributed by atoms with E-state index in [0.717, 1.165) is 48.4 Å².